The highest BCUT2D eigenvalue weighted by Crippen LogP contribution is 2.35. The van der Waals surface area contributed by atoms with Crippen LogP contribution in [0.15, 0.2) is 0 Å². The van der Waals surface area contributed by atoms with Gasteiger partial charge in [0.1, 0.15) is 5.60 Å². The summed E-state index contributed by atoms with van der Waals surface area (Å²) in [6, 6.07) is 0. The highest BCUT2D eigenvalue weighted by molar-refractivity contribution is 4.86. The largest absolute Gasteiger partial charge is 0.421 e. The molecule has 0 aromatic rings. The molecule has 2 nitrogen and oxygen atoms in total. The van der Waals surface area contributed by atoms with Gasteiger partial charge in [-0.1, -0.05) is 19.8 Å². The van der Waals surface area contributed by atoms with E-state index in [1.807, 2.05) is 6.26 Å². The zero-order valence-electron chi connectivity index (χ0n) is 8.51. The topological polar surface area (TPSA) is 33.0 Å². The predicted octanol–water partition coefficient (Wildman–Crippen LogP) is 3.38. The van der Waals surface area contributed by atoms with Crippen molar-refractivity contribution in [1.82, 2.24) is 0 Å². The van der Waals surface area contributed by atoms with Gasteiger partial charge in [-0.3, -0.25) is 0 Å². The number of hydrogen-bond acceptors (Lipinski definition) is 2. The highest BCUT2D eigenvalue weighted by Gasteiger charge is 2.33. The van der Waals surface area contributed by atoms with Gasteiger partial charge in [-0.25, -0.2) is 0 Å². The van der Waals surface area contributed by atoms with E-state index in [4.69, 9.17) is 10.00 Å². The number of unbranched alkanes of at least 4 members (excludes halogenated alkanes) is 1. The van der Waals surface area contributed by atoms with E-state index in [-0.39, 0.29) is 5.60 Å². The normalized spacial score (nSPS) is 20.6. The second kappa shape index (κ2) is 5.11. The molecule has 0 atom stereocenters. The van der Waals surface area contributed by atoms with Gasteiger partial charge in [-0.15, -0.1) is 0 Å². The molecule has 1 aliphatic rings. The Hall–Kier alpha value is -0.710. The standard InChI is InChI=1S/C11H19NO/c1-2-3-7-11(13-10-12)8-5-4-6-9-11/h2-9H2,1H3. The molecule has 0 unspecified atom stereocenters. The number of nitriles is 1. The van der Waals surface area contributed by atoms with Gasteiger partial charge >= 0.3 is 0 Å². The zero-order valence-corrected chi connectivity index (χ0v) is 8.51. The Kier molecular flexibility index (Phi) is 4.08. The van der Waals surface area contributed by atoms with Gasteiger partial charge in [0.2, 0.25) is 0 Å². The Morgan fingerprint density at radius 3 is 2.54 bits per heavy atom. The minimum atomic E-state index is -0.0803. The zero-order chi connectivity index (χ0) is 9.57. The van der Waals surface area contributed by atoms with Crippen LogP contribution in [0.5, 0.6) is 0 Å². The molecule has 0 aromatic heterocycles. The van der Waals surface area contributed by atoms with Crippen LogP contribution in [0.3, 0.4) is 0 Å². The van der Waals surface area contributed by atoms with Crippen molar-refractivity contribution >= 4 is 0 Å². The maximum Gasteiger partial charge on any atom is 0.286 e. The van der Waals surface area contributed by atoms with Crippen molar-refractivity contribution in [2.24, 2.45) is 0 Å². The third-order valence-electron chi connectivity index (χ3n) is 3.01. The maximum atomic E-state index is 8.61. The van der Waals surface area contributed by atoms with Crippen molar-refractivity contribution in [3.63, 3.8) is 0 Å². The molecule has 0 amide bonds. The Balaban J connectivity index is 2.46. The summed E-state index contributed by atoms with van der Waals surface area (Å²) >= 11 is 0. The molecule has 1 rings (SSSR count). The minimum Gasteiger partial charge on any atom is -0.421 e. The Bertz CT molecular complexity index is 177. The molecule has 0 aliphatic heterocycles. The first kappa shape index (κ1) is 10.4. The first-order valence-electron chi connectivity index (χ1n) is 5.40. The van der Waals surface area contributed by atoms with Gasteiger partial charge in [-0.2, -0.15) is 5.26 Å². The Labute approximate surface area is 80.9 Å². The lowest BCUT2D eigenvalue weighted by Gasteiger charge is -2.34. The molecule has 0 saturated heterocycles. The van der Waals surface area contributed by atoms with Gasteiger partial charge in [-0.05, 0) is 38.5 Å². The number of nitrogens with zero attached hydrogens (tertiary/aromatic N) is 1. The van der Waals surface area contributed by atoms with Crippen LogP contribution in [0.4, 0.5) is 0 Å². The van der Waals surface area contributed by atoms with Crippen molar-refractivity contribution in [3.05, 3.63) is 0 Å². The van der Waals surface area contributed by atoms with Crippen molar-refractivity contribution in [2.45, 2.75) is 63.9 Å². The van der Waals surface area contributed by atoms with Crippen molar-refractivity contribution < 1.29 is 4.74 Å². The van der Waals surface area contributed by atoms with Crippen molar-refractivity contribution in [3.8, 4) is 6.26 Å². The van der Waals surface area contributed by atoms with Crippen LogP contribution in [0.25, 0.3) is 0 Å². The summed E-state index contributed by atoms with van der Waals surface area (Å²) in [6.07, 6.45) is 11.3. The predicted molar refractivity (Wildman–Crippen MR) is 52.0 cm³/mol. The molecule has 0 aromatic carbocycles. The summed E-state index contributed by atoms with van der Waals surface area (Å²) in [7, 11) is 0. The molecule has 1 saturated carbocycles. The van der Waals surface area contributed by atoms with Crippen LogP contribution < -0.4 is 0 Å². The fourth-order valence-electron chi connectivity index (χ4n) is 2.19. The van der Waals surface area contributed by atoms with E-state index in [0.717, 1.165) is 19.3 Å². The quantitative estimate of drug-likeness (QED) is 0.623. The third-order valence-corrected chi connectivity index (χ3v) is 3.01. The SMILES string of the molecule is CCCCC1(OC#N)CCCCC1. The van der Waals surface area contributed by atoms with Gasteiger partial charge < -0.3 is 4.74 Å². The molecular weight excluding hydrogens is 162 g/mol. The van der Waals surface area contributed by atoms with Crippen LogP contribution in [-0.4, -0.2) is 5.60 Å². The van der Waals surface area contributed by atoms with Crippen LogP contribution in [0.1, 0.15) is 58.3 Å². The summed E-state index contributed by atoms with van der Waals surface area (Å²) in [5.41, 5.74) is -0.0803. The second-order valence-electron chi connectivity index (χ2n) is 4.04. The van der Waals surface area contributed by atoms with Gasteiger partial charge in [0.05, 0.1) is 0 Å². The second-order valence-corrected chi connectivity index (χ2v) is 4.04. The Morgan fingerprint density at radius 2 is 2.00 bits per heavy atom. The van der Waals surface area contributed by atoms with E-state index in [2.05, 4.69) is 6.92 Å². The fourth-order valence-corrected chi connectivity index (χ4v) is 2.19. The molecule has 2 heteroatoms. The minimum absolute atomic E-state index is 0.0803. The summed E-state index contributed by atoms with van der Waals surface area (Å²) in [5, 5.41) is 8.61. The summed E-state index contributed by atoms with van der Waals surface area (Å²) in [5.74, 6) is 0. The van der Waals surface area contributed by atoms with E-state index in [1.165, 1.54) is 32.1 Å². The van der Waals surface area contributed by atoms with Crippen molar-refractivity contribution in [2.75, 3.05) is 0 Å². The van der Waals surface area contributed by atoms with Crippen LogP contribution in [0, 0.1) is 11.5 Å². The molecule has 0 spiro atoms. The van der Waals surface area contributed by atoms with E-state index in [0.29, 0.717) is 0 Å². The monoisotopic (exact) mass is 181 g/mol. The first-order chi connectivity index (χ1) is 6.33. The van der Waals surface area contributed by atoms with Crippen LogP contribution >= 0.6 is 0 Å². The third kappa shape index (κ3) is 2.91. The van der Waals surface area contributed by atoms with Gasteiger partial charge in [0, 0.05) is 0 Å². The highest BCUT2D eigenvalue weighted by atomic mass is 16.5. The lowest BCUT2D eigenvalue weighted by atomic mass is 9.81. The average molecular weight is 181 g/mol. The van der Waals surface area contributed by atoms with E-state index < -0.39 is 0 Å². The number of ether oxygens (including phenoxy) is 1. The van der Waals surface area contributed by atoms with Crippen molar-refractivity contribution in [1.29, 1.82) is 5.26 Å². The molecule has 1 fully saturated rings. The van der Waals surface area contributed by atoms with E-state index in [9.17, 15) is 0 Å². The smallest absolute Gasteiger partial charge is 0.286 e. The molecule has 0 bridgehead atoms. The van der Waals surface area contributed by atoms with Crippen LogP contribution in [-0.2, 0) is 4.74 Å². The summed E-state index contributed by atoms with van der Waals surface area (Å²) < 4.78 is 5.28. The lowest BCUT2D eigenvalue weighted by Crippen LogP contribution is -2.33. The lowest BCUT2D eigenvalue weighted by molar-refractivity contribution is -0.00900. The van der Waals surface area contributed by atoms with E-state index in [1.54, 1.807) is 0 Å². The molecule has 74 valence electrons. The van der Waals surface area contributed by atoms with Gasteiger partial charge in [0.15, 0.2) is 0 Å². The van der Waals surface area contributed by atoms with Crippen LogP contribution in [0.2, 0.25) is 0 Å². The maximum absolute atomic E-state index is 8.61. The first-order valence-corrected chi connectivity index (χ1v) is 5.40. The Morgan fingerprint density at radius 1 is 1.31 bits per heavy atom. The molecule has 0 heterocycles. The molecule has 0 N–H and O–H groups in total. The molecular formula is C11H19NO. The van der Waals surface area contributed by atoms with E-state index >= 15 is 0 Å². The number of hydrogen-bond donors (Lipinski definition) is 0. The molecule has 13 heavy (non-hydrogen) atoms. The summed E-state index contributed by atoms with van der Waals surface area (Å²) in [4.78, 5) is 0. The van der Waals surface area contributed by atoms with Gasteiger partial charge in [0.25, 0.3) is 6.26 Å². The molecule has 1 aliphatic carbocycles. The number of rotatable bonds is 4. The average Bonchev–Trinajstić information content (AvgIpc) is 2.17. The fraction of sp³-hybridized carbons (Fsp3) is 0.909. The summed E-state index contributed by atoms with van der Waals surface area (Å²) in [6.45, 7) is 2.18. The molecule has 0 radical (unpaired) electrons.